The predicted octanol–water partition coefficient (Wildman–Crippen LogP) is 2.05. The lowest BCUT2D eigenvalue weighted by atomic mass is 10.3. The van der Waals surface area contributed by atoms with Gasteiger partial charge in [-0.1, -0.05) is 6.92 Å². The number of pyridine rings is 1. The average Bonchev–Trinajstić information content (AvgIpc) is 2.16. The highest BCUT2D eigenvalue weighted by atomic mass is 16.5. The smallest absolute Gasteiger partial charge is 0.0884 e. The van der Waals surface area contributed by atoms with Crippen LogP contribution in [0.25, 0.3) is 0 Å². The van der Waals surface area contributed by atoms with Gasteiger partial charge in [0, 0.05) is 25.5 Å². The second-order valence-electron chi connectivity index (χ2n) is 2.90. The molecule has 0 saturated carbocycles. The summed E-state index contributed by atoms with van der Waals surface area (Å²) in [4.78, 5) is 4.17. The zero-order chi connectivity index (χ0) is 9.52. The van der Waals surface area contributed by atoms with Gasteiger partial charge in [0.15, 0.2) is 0 Å². The van der Waals surface area contributed by atoms with E-state index in [4.69, 9.17) is 4.74 Å². The van der Waals surface area contributed by atoms with Crippen LogP contribution in [0.15, 0.2) is 18.3 Å². The first-order valence-electron chi connectivity index (χ1n) is 4.54. The van der Waals surface area contributed by atoms with Crippen LogP contribution < -0.4 is 5.32 Å². The topological polar surface area (TPSA) is 34.2 Å². The third-order valence-corrected chi connectivity index (χ3v) is 1.69. The summed E-state index contributed by atoms with van der Waals surface area (Å²) in [7, 11) is 1.67. The van der Waals surface area contributed by atoms with Gasteiger partial charge in [0.1, 0.15) is 0 Å². The largest absolute Gasteiger partial charge is 0.385 e. The highest BCUT2D eigenvalue weighted by molar-refractivity contribution is 5.42. The van der Waals surface area contributed by atoms with Crippen molar-refractivity contribution in [2.45, 2.75) is 20.0 Å². The van der Waals surface area contributed by atoms with Crippen molar-refractivity contribution >= 4 is 5.69 Å². The van der Waals surface area contributed by atoms with Gasteiger partial charge in [0.2, 0.25) is 0 Å². The zero-order valence-corrected chi connectivity index (χ0v) is 8.21. The highest BCUT2D eigenvalue weighted by Gasteiger charge is 1.95. The first-order valence-corrected chi connectivity index (χ1v) is 4.54. The second-order valence-corrected chi connectivity index (χ2v) is 2.90. The van der Waals surface area contributed by atoms with Crippen LogP contribution in [0.2, 0.25) is 0 Å². The molecule has 1 aromatic rings. The zero-order valence-electron chi connectivity index (χ0n) is 8.21. The number of hydrogen-bond donors (Lipinski definition) is 1. The fourth-order valence-electron chi connectivity index (χ4n) is 1.08. The lowest BCUT2D eigenvalue weighted by molar-refractivity contribution is 0.181. The molecular formula is C10H16N2O. The minimum atomic E-state index is 0.571. The van der Waals surface area contributed by atoms with Crippen LogP contribution >= 0.6 is 0 Å². The Bertz CT molecular complexity index is 250. The maximum absolute atomic E-state index is 5.00. The van der Waals surface area contributed by atoms with E-state index in [2.05, 4.69) is 17.2 Å². The third-order valence-electron chi connectivity index (χ3n) is 1.69. The molecule has 0 fully saturated rings. The molecule has 0 saturated heterocycles. The Morgan fingerprint density at radius 1 is 1.54 bits per heavy atom. The molecule has 3 nitrogen and oxygen atoms in total. The Morgan fingerprint density at radius 2 is 2.38 bits per heavy atom. The van der Waals surface area contributed by atoms with Crippen LogP contribution in [-0.4, -0.2) is 18.6 Å². The average molecular weight is 180 g/mol. The van der Waals surface area contributed by atoms with Gasteiger partial charge in [-0.15, -0.1) is 0 Å². The van der Waals surface area contributed by atoms with Crippen molar-refractivity contribution in [2.75, 3.05) is 19.0 Å². The number of hydrogen-bond acceptors (Lipinski definition) is 3. The number of anilines is 1. The Kier molecular flexibility index (Phi) is 4.26. The number of ether oxygens (including phenoxy) is 1. The van der Waals surface area contributed by atoms with E-state index in [9.17, 15) is 0 Å². The predicted molar refractivity (Wildman–Crippen MR) is 53.7 cm³/mol. The van der Waals surface area contributed by atoms with Gasteiger partial charge in [-0.25, -0.2) is 0 Å². The quantitative estimate of drug-likeness (QED) is 0.753. The highest BCUT2D eigenvalue weighted by Crippen LogP contribution is 2.08. The SMILES string of the molecule is CCCNc1ccnc(COC)c1. The van der Waals surface area contributed by atoms with E-state index >= 15 is 0 Å². The van der Waals surface area contributed by atoms with Gasteiger partial charge in [0.25, 0.3) is 0 Å². The number of rotatable bonds is 5. The number of aromatic nitrogens is 1. The normalized spacial score (nSPS) is 10.0. The van der Waals surface area contributed by atoms with Crippen molar-refractivity contribution in [3.05, 3.63) is 24.0 Å². The summed E-state index contributed by atoms with van der Waals surface area (Å²) in [6, 6.07) is 3.98. The van der Waals surface area contributed by atoms with E-state index in [0.717, 1.165) is 24.3 Å². The van der Waals surface area contributed by atoms with Crippen molar-refractivity contribution in [1.29, 1.82) is 0 Å². The molecule has 0 aliphatic rings. The molecule has 0 amide bonds. The van der Waals surface area contributed by atoms with Gasteiger partial charge >= 0.3 is 0 Å². The maximum atomic E-state index is 5.00. The van der Waals surface area contributed by atoms with E-state index < -0.39 is 0 Å². The van der Waals surface area contributed by atoms with E-state index in [0.29, 0.717) is 6.61 Å². The molecule has 3 heteroatoms. The number of nitrogens with one attached hydrogen (secondary N) is 1. The van der Waals surface area contributed by atoms with Crippen LogP contribution in [0, 0.1) is 0 Å². The number of methoxy groups -OCH3 is 1. The van der Waals surface area contributed by atoms with Gasteiger partial charge in [-0.05, 0) is 18.6 Å². The molecule has 0 unspecified atom stereocenters. The molecular weight excluding hydrogens is 164 g/mol. The summed E-state index contributed by atoms with van der Waals surface area (Å²) in [5.74, 6) is 0. The van der Waals surface area contributed by atoms with Crippen LogP contribution in [0.1, 0.15) is 19.0 Å². The lowest BCUT2D eigenvalue weighted by Gasteiger charge is -2.05. The van der Waals surface area contributed by atoms with Crippen molar-refractivity contribution in [3.63, 3.8) is 0 Å². The lowest BCUT2D eigenvalue weighted by Crippen LogP contribution is -2.01. The molecule has 0 spiro atoms. The Hall–Kier alpha value is -1.09. The summed E-state index contributed by atoms with van der Waals surface area (Å²) >= 11 is 0. The van der Waals surface area contributed by atoms with Crippen LogP contribution in [0.3, 0.4) is 0 Å². The molecule has 0 aliphatic carbocycles. The third kappa shape index (κ3) is 3.42. The molecule has 13 heavy (non-hydrogen) atoms. The summed E-state index contributed by atoms with van der Waals surface area (Å²) in [5.41, 5.74) is 2.08. The molecule has 1 rings (SSSR count). The Labute approximate surface area is 79.1 Å². The Morgan fingerprint density at radius 3 is 3.08 bits per heavy atom. The Balaban J connectivity index is 2.56. The monoisotopic (exact) mass is 180 g/mol. The van der Waals surface area contributed by atoms with Gasteiger partial charge < -0.3 is 10.1 Å². The standard InChI is InChI=1S/C10H16N2O/c1-3-5-11-9-4-6-12-10(7-9)8-13-2/h4,6-7H,3,5,8H2,1-2H3,(H,11,12). The fourth-order valence-corrected chi connectivity index (χ4v) is 1.08. The van der Waals surface area contributed by atoms with Crippen molar-refractivity contribution in [3.8, 4) is 0 Å². The molecule has 1 aromatic heterocycles. The molecule has 0 radical (unpaired) electrons. The van der Waals surface area contributed by atoms with Crippen LogP contribution in [-0.2, 0) is 11.3 Å². The van der Waals surface area contributed by atoms with Crippen molar-refractivity contribution < 1.29 is 4.74 Å². The molecule has 72 valence electrons. The van der Waals surface area contributed by atoms with E-state index in [1.54, 1.807) is 13.3 Å². The fraction of sp³-hybridized carbons (Fsp3) is 0.500. The summed E-state index contributed by atoms with van der Waals surface area (Å²) in [6.07, 6.45) is 2.92. The minimum Gasteiger partial charge on any atom is -0.385 e. The molecule has 0 bridgehead atoms. The summed E-state index contributed by atoms with van der Waals surface area (Å²) in [5, 5.41) is 3.30. The van der Waals surface area contributed by atoms with Gasteiger partial charge in [-0.3, -0.25) is 4.98 Å². The maximum Gasteiger partial charge on any atom is 0.0884 e. The molecule has 0 atom stereocenters. The molecule has 1 heterocycles. The van der Waals surface area contributed by atoms with E-state index in [1.165, 1.54) is 0 Å². The first-order chi connectivity index (χ1) is 6.36. The van der Waals surface area contributed by atoms with E-state index in [-0.39, 0.29) is 0 Å². The molecule has 0 aromatic carbocycles. The van der Waals surface area contributed by atoms with Crippen LogP contribution in [0.4, 0.5) is 5.69 Å². The van der Waals surface area contributed by atoms with Crippen molar-refractivity contribution in [2.24, 2.45) is 0 Å². The first kappa shape index (κ1) is 9.99. The second kappa shape index (κ2) is 5.54. The summed E-state index contributed by atoms with van der Waals surface area (Å²) < 4.78 is 5.00. The number of nitrogens with zero attached hydrogens (tertiary/aromatic N) is 1. The molecule has 1 N–H and O–H groups in total. The minimum absolute atomic E-state index is 0.571. The summed E-state index contributed by atoms with van der Waals surface area (Å²) in [6.45, 7) is 3.71. The van der Waals surface area contributed by atoms with Crippen molar-refractivity contribution in [1.82, 2.24) is 4.98 Å². The van der Waals surface area contributed by atoms with E-state index in [1.807, 2.05) is 12.1 Å². The molecule has 0 aliphatic heterocycles. The van der Waals surface area contributed by atoms with Crippen LogP contribution in [0.5, 0.6) is 0 Å². The van der Waals surface area contributed by atoms with Gasteiger partial charge in [-0.2, -0.15) is 0 Å². The van der Waals surface area contributed by atoms with Gasteiger partial charge in [0.05, 0.1) is 12.3 Å².